The van der Waals surface area contributed by atoms with Crippen LogP contribution in [-0.4, -0.2) is 19.1 Å². The molecule has 4 nitrogen and oxygen atoms in total. The van der Waals surface area contributed by atoms with Crippen LogP contribution < -0.4 is 14.8 Å². The average molecular weight is 341 g/mol. The minimum absolute atomic E-state index is 0.00942. The van der Waals surface area contributed by atoms with E-state index in [1.165, 1.54) is 5.56 Å². The Labute approximate surface area is 150 Å². The lowest BCUT2D eigenvalue weighted by Gasteiger charge is -2.15. The number of ether oxygens (including phenoxy) is 2. The highest BCUT2D eigenvalue weighted by molar-refractivity contribution is 5.79. The second-order valence-corrected chi connectivity index (χ2v) is 6.54. The molecule has 0 radical (unpaired) electrons. The summed E-state index contributed by atoms with van der Waals surface area (Å²) < 4.78 is 11.1. The van der Waals surface area contributed by atoms with E-state index in [0.29, 0.717) is 24.5 Å². The molecule has 0 aliphatic rings. The van der Waals surface area contributed by atoms with E-state index < -0.39 is 0 Å². The Morgan fingerprint density at radius 3 is 2.52 bits per heavy atom. The molecule has 0 unspecified atom stereocenters. The molecule has 0 heterocycles. The molecule has 1 N–H and O–H groups in total. The van der Waals surface area contributed by atoms with Crippen molar-refractivity contribution in [1.29, 1.82) is 0 Å². The summed E-state index contributed by atoms with van der Waals surface area (Å²) in [7, 11) is 1.62. The standard InChI is InChI=1S/C21H27NO3/c1-14(2)25-19-9-8-17(11-20(19)24-5)13-22-21(23)12-18-10-15(3)6-7-16(18)4/h6-11,14H,12-13H2,1-5H3,(H,22,23). The van der Waals surface area contributed by atoms with E-state index >= 15 is 0 Å². The van der Waals surface area contributed by atoms with Crippen molar-refractivity contribution in [3.8, 4) is 11.5 Å². The van der Waals surface area contributed by atoms with Crippen molar-refractivity contribution < 1.29 is 14.3 Å². The lowest BCUT2D eigenvalue weighted by molar-refractivity contribution is -0.120. The zero-order valence-electron chi connectivity index (χ0n) is 15.7. The fourth-order valence-corrected chi connectivity index (χ4v) is 2.60. The second-order valence-electron chi connectivity index (χ2n) is 6.54. The van der Waals surface area contributed by atoms with Crippen LogP contribution in [0.15, 0.2) is 36.4 Å². The number of nitrogens with one attached hydrogen (secondary N) is 1. The van der Waals surface area contributed by atoms with Crippen LogP contribution in [-0.2, 0) is 17.8 Å². The van der Waals surface area contributed by atoms with Crippen LogP contribution in [0.5, 0.6) is 11.5 Å². The van der Waals surface area contributed by atoms with Gasteiger partial charge in [0.15, 0.2) is 11.5 Å². The minimum atomic E-state index is 0.00942. The van der Waals surface area contributed by atoms with Crippen molar-refractivity contribution in [2.45, 2.75) is 46.8 Å². The molecule has 0 spiro atoms. The molecule has 0 aliphatic heterocycles. The highest BCUT2D eigenvalue weighted by Gasteiger charge is 2.10. The Bertz CT molecular complexity index is 738. The zero-order chi connectivity index (χ0) is 18.4. The van der Waals surface area contributed by atoms with Gasteiger partial charge in [0, 0.05) is 6.54 Å². The summed E-state index contributed by atoms with van der Waals surface area (Å²) in [5, 5.41) is 2.97. The molecular formula is C21H27NO3. The summed E-state index contributed by atoms with van der Waals surface area (Å²) in [6, 6.07) is 11.9. The Morgan fingerprint density at radius 2 is 1.84 bits per heavy atom. The molecule has 25 heavy (non-hydrogen) atoms. The van der Waals surface area contributed by atoms with Crippen LogP contribution in [0.25, 0.3) is 0 Å². The van der Waals surface area contributed by atoms with Gasteiger partial charge in [-0.25, -0.2) is 0 Å². The first-order valence-corrected chi connectivity index (χ1v) is 8.55. The van der Waals surface area contributed by atoms with Crippen molar-refractivity contribution in [2.24, 2.45) is 0 Å². The summed E-state index contributed by atoms with van der Waals surface area (Å²) >= 11 is 0. The normalized spacial score (nSPS) is 10.6. The Hall–Kier alpha value is -2.49. The van der Waals surface area contributed by atoms with E-state index in [9.17, 15) is 4.79 Å². The minimum Gasteiger partial charge on any atom is -0.493 e. The first-order valence-electron chi connectivity index (χ1n) is 8.55. The molecule has 1 amide bonds. The number of carbonyl (C=O) groups is 1. The molecule has 0 aromatic heterocycles. The summed E-state index contributed by atoms with van der Waals surface area (Å²) in [5.74, 6) is 1.40. The van der Waals surface area contributed by atoms with Crippen LogP contribution in [0.4, 0.5) is 0 Å². The maximum atomic E-state index is 12.2. The fraction of sp³-hybridized carbons (Fsp3) is 0.381. The maximum absolute atomic E-state index is 12.2. The smallest absolute Gasteiger partial charge is 0.224 e. The molecule has 0 bridgehead atoms. The van der Waals surface area contributed by atoms with Crippen molar-refractivity contribution >= 4 is 5.91 Å². The number of amides is 1. The van der Waals surface area contributed by atoms with Gasteiger partial charge < -0.3 is 14.8 Å². The summed E-state index contributed by atoms with van der Waals surface area (Å²) in [5.41, 5.74) is 4.34. The van der Waals surface area contributed by atoms with E-state index in [-0.39, 0.29) is 12.0 Å². The number of rotatable bonds is 7. The fourth-order valence-electron chi connectivity index (χ4n) is 2.60. The van der Waals surface area contributed by atoms with Gasteiger partial charge in [-0.3, -0.25) is 4.79 Å². The topological polar surface area (TPSA) is 47.6 Å². The van der Waals surface area contributed by atoms with E-state index in [4.69, 9.17) is 9.47 Å². The lowest BCUT2D eigenvalue weighted by Crippen LogP contribution is -2.25. The molecule has 0 atom stereocenters. The Kier molecular flexibility index (Phi) is 6.45. The number of aryl methyl sites for hydroxylation is 2. The molecule has 4 heteroatoms. The van der Waals surface area contributed by atoms with E-state index in [1.54, 1.807) is 7.11 Å². The summed E-state index contributed by atoms with van der Waals surface area (Å²) in [6.45, 7) is 8.47. The van der Waals surface area contributed by atoms with Crippen LogP contribution in [0, 0.1) is 13.8 Å². The average Bonchev–Trinajstić information content (AvgIpc) is 2.56. The van der Waals surface area contributed by atoms with Gasteiger partial charge >= 0.3 is 0 Å². The number of hydrogen-bond donors (Lipinski definition) is 1. The molecule has 0 saturated heterocycles. The van der Waals surface area contributed by atoms with Gasteiger partial charge in [0.05, 0.1) is 19.6 Å². The maximum Gasteiger partial charge on any atom is 0.224 e. The third kappa shape index (κ3) is 5.52. The van der Waals surface area contributed by atoms with E-state index in [2.05, 4.69) is 23.5 Å². The number of carbonyl (C=O) groups excluding carboxylic acids is 1. The van der Waals surface area contributed by atoms with Crippen LogP contribution in [0.2, 0.25) is 0 Å². The van der Waals surface area contributed by atoms with Crippen molar-refractivity contribution in [3.05, 3.63) is 58.7 Å². The van der Waals surface area contributed by atoms with Crippen molar-refractivity contribution in [1.82, 2.24) is 5.32 Å². The van der Waals surface area contributed by atoms with Gasteiger partial charge in [-0.15, -0.1) is 0 Å². The Morgan fingerprint density at radius 1 is 1.08 bits per heavy atom. The van der Waals surface area contributed by atoms with E-state index in [0.717, 1.165) is 16.7 Å². The number of benzene rings is 2. The van der Waals surface area contributed by atoms with Crippen LogP contribution >= 0.6 is 0 Å². The van der Waals surface area contributed by atoms with Gasteiger partial charge in [-0.05, 0) is 56.5 Å². The van der Waals surface area contributed by atoms with E-state index in [1.807, 2.05) is 45.9 Å². The van der Waals surface area contributed by atoms with Gasteiger partial charge in [0.25, 0.3) is 0 Å². The first kappa shape index (κ1) is 18.8. The molecule has 0 fully saturated rings. The van der Waals surface area contributed by atoms with Crippen LogP contribution in [0.3, 0.4) is 0 Å². The molecule has 0 saturated carbocycles. The quantitative estimate of drug-likeness (QED) is 0.829. The SMILES string of the molecule is COc1cc(CNC(=O)Cc2cc(C)ccc2C)ccc1OC(C)C. The number of hydrogen-bond acceptors (Lipinski definition) is 3. The molecule has 2 aromatic carbocycles. The molecular weight excluding hydrogens is 314 g/mol. The highest BCUT2D eigenvalue weighted by atomic mass is 16.5. The largest absolute Gasteiger partial charge is 0.493 e. The van der Waals surface area contributed by atoms with Crippen molar-refractivity contribution in [3.63, 3.8) is 0 Å². The Balaban J connectivity index is 1.98. The third-order valence-corrected chi connectivity index (χ3v) is 3.94. The molecule has 2 aromatic rings. The van der Waals surface area contributed by atoms with Crippen LogP contribution in [0.1, 0.15) is 36.1 Å². The van der Waals surface area contributed by atoms with Gasteiger partial charge in [-0.1, -0.05) is 29.8 Å². The predicted molar refractivity (Wildman–Crippen MR) is 100 cm³/mol. The second kappa shape index (κ2) is 8.56. The number of methoxy groups -OCH3 is 1. The molecule has 2 rings (SSSR count). The lowest BCUT2D eigenvalue weighted by atomic mass is 10.0. The van der Waals surface area contributed by atoms with Crippen molar-refractivity contribution in [2.75, 3.05) is 7.11 Å². The highest BCUT2D eigenvalue weighted by Crippen LogP contribution is 2.28. The van der Waals surface area contributed by atoms with Gasteiger partial charge in [0.1, 0.15) is 0 Å². The first-order chi connectivity index (χ1) is 11.9. The summed E-state index contributed by atoms with van der Waals surface area (Å²) in [6.07, 6.45) is 0.469. The van der Waals surface area contributed by atoms with Gasteiger partial charge in [0.2, 0.25) is 5.91 Å². The predicted octanol–water partition coefficient (Wildman–Crippen LogP) is 3.96. The molecule has 0 aliphatic carbocycles. The van der Waals surface area contributed by atoms with Gasteiger partial charge in [-0.2, -0.15) is 0 Å². The monoisotopic (exact) mass is 341 g/mol. The summed E-state index contributed by atoms with van der Waals surface area (Å²) in [4.78, 5) is 12.2. The zero-order valence-corrected chi connectivity index (χ0v) is 15.7. The third-order valence-electron chi connectivity index (χ3n) is 3.94. The molecule has 134 valence electrons.